The number of alkyl halides is 3. The van der Waals surface area contributed by atoms with Gasteiger partial charge in [0.05, 0.1) is 33.3 Å². The fourth-order valence-electron chi connectivity index (χ4n) is 4.46. The van der Waals surface area contributed by atoms with Crippen molar-refractivity contribution in [3.05, 3.63) is 79.6 Å². The Labute approximate surface area is 238 Å². The summed E-state index contributed by atoms with van der Waals surface area (Å²) in [5.41, 5.74) is -1.02. The maximum atomic E-state index is 13.5. The van der Waals surface area contributed by atoms with Crippen LogP contribution >= 0.6 is 22.9 Å². The van der Waals surface area contributed by atoms with Gasteiger partial charge >= 0.3 is 12.1 Å². The Balaban J connectivity index is 1.53. The summed E-state index contributed by atoms with van der Waals surface area (Å²) >= 11 is 7.50. The molecule has 208 valence electrons. The molecule has 1 N–H and O–H groups in total. The van der Waals surface area contributed by atoms with Gasteiger partial charge in [0, 0.05) is 33.4 Å². The Morgan fingerprint density at radius 3 is 2.63 bits per heavy atom. The Morgan fingerprint density at radius 1 is 1.20 bits per heavy atom. The van der Waals surface area contributed by atoms with Crippen LogP contribution in [-0.2, 0) is 12.7 Å². The van der Waals surface area contributed by atoms with Crippen LogP contribution in [0.1, 0.15) is 33.1 Å². The van der Waals surface area contributed by atoms with E-state index >= 15 is 0 Å². The van der Waals surface area contributed by atoms with Crippen LogP contribution < -0.4 is 10.3 Å². The molecule has 0 unspecified atom stereocenters. The van der Waals surface area contributed by atoms with Gasteiger partial charge in [0.1, 0.15) is 29.8 Å². The van der Waals surface area contributed by atoms with E-state index in [0.29, 0.717) is 44.0 Å². The van der Waals surface area contributed by atoms with Gasteiger partial charge in [0.15, 0.2) is 5.69 Å². The Bertz CT molecular complexity index is 1980. The van der Waals surface area contributed by atoms with Gasteiger partial charge in [-0.1, -0.05) is 11.6 Å². The zero-order valence-electron chi connectivity index (χ0n) is 21.2. The fraction of sp³-hybridized carbons (Fsp3) is 0.185. The lowest BCUT2D eigenvalue weighted by Gasteiger charge is -2.16. The predicted molar refractivity (Wildman–Crippen MR) is 146 cm³/mol. The minimum Gasteiger partial charge on any atom is -0.491 e. The number of halogens is 4. The average Bonchev–Trinajstić information content (AvgIpc) is 3.33. The highest BCUT2D eigenvalue weighted by molar-refractivity contribution is 7.18. The summed E-state index contributed by atoms with van der Waals surface area (Å²) in [4.78, 5) is 36.6. The molecular weight excluding hydrogens is 583 g/mol. The number of aromatic nitrogens is 4. The molecule has 4 aromatic heterocycles. The SMILES string of the molecule is Cc1cc(-c2cc(Cl)ccc2OCCn2c(C)nc3c(C(F)(F)F)ncc(C#N)c3c2=O)c2scc(C(=O)O)c2n1. The first kappa shape index (κ1) is 28.0. The highest BCUT2D eigenvalue weighted by atomic mass is 35.5. The Hall–Kier alpha value is -4.54. The molecule has 14 heteroatoms. The van der Waals surface area contributed by atoms with Crippen molar-refractivity contribution in [1.82, 2.24) is 19.5 Å². The number of nitrogens with zero attached hydrogens (tertiary/aromatic N) is 5. The highest BCUT2D eigenvalue weighted by Crippen LogP contribution is 2.40. The third kappa shape index (κ3) is 5.07. The summed E-state index contributed by atoms with van der Waals surface area (Å²) in [7, 11) is 0. The minimum atomic E-state index is -4.87. The summed E-state index contributed by atoms with van der Waals surface area (Å²) < 4.78 is 48.3. The molecule has 0 aliphatic rings. The summed E-state index contributed by atoms with van der Waals surface area (Å²) in [6.07, 6.45) is -4.16. The van der Waals surface area contributed by atoms with Crippen LogP contribution in [0.3, 0.4) is 0 Å². The van der Waals surface area contributed by atoms with E-state index in [9.17, 15) is 33.1 Å². The van der Waals surface area contributed by atoms with E-state index < -0.39 is 34.3 Å². The summed E-state index contributed by atoms with van der Waals surface area (Å²) in [5, 5.41) is 20.4. The van der Waals surface area contributed by atoms with Crippen molar-refractivity contribution < 1.29 is 27.8 Å². The molecular formula is C27H17ClF3N5O4S. The van der Waals surface area contributed by atoms with E-state index in [0.717, 1.165) is 4.57 Å². The summed E-state index contributed by atoms with van der Waals surface area (Å²) in [6, 6.07) is 8.36. The van der Waals surface area contributed by atoms with Crippen molar-refractivity contribution in [1.29, 1.82) is 5.26 Å². The van der Waals surface area contributed by atoms with Crippen LogP contribution in [0.4, 0.5) is 13.2 Å². The molecule has 0 radical (unpaired) electrons. The number of benzene rings is 1. The molecule has 0 amide bonds. The minimum absolute atomic E-state index is 0.0175. The second-order valence-electron chi connectivity index (χ2n) is 8.90. The number of fused-ring (bicyclic) bond motifs is 2. The van der Waals surface area contributed by atoms with Gasteiger partial charge in [-0.15, -0.1) is 11.3 Å². The van der Waals surface area contributed by atoms with Gasteiger partial charge in [-0.25, -0.2) is 14.8 Å². The Morgan fingerprint density at radius 2 is 1.95 bits per heavy atom. The lowest BCUT2D eigenvalue weighted by molar-refractivity contribution is -0.139. The molecule has 0 aliphatic heterocycles. The van der Waals surface area contributed by atoms with Crippen molar-refractivity contribution in [2.45, 2.75) is 26.6 Å². The molecule has 0 atom stereocenters. The van der Waals surface area contributed by atoms with E-state index in [-0.39, 0.29) is 30.1 Å². The molecule has 5 aromatic rings. The topological polar surface area (TPSA) is 131 Å². The van der Waals surface area contributed by atoms with Gasteiger partial charge in [-0.3, -0.25) is 14.3 Å². The zero-order valence-corrected chi connectivity index (χ0v) is 22.8. The number of hydrogen-bond acceptors (Lipinski definition) is 8. The number of carboxylic acids is 1. The van der Waals surface area contributed by atoms with E-state index in [1.54, 1.807) is 37.3 Å². The van der Waals surface area contributed by atoms with Crippen molar-refractivity contribution in [2.24, 2.45) is 0 Å². The molecule has 4 heterocycles. The van der Waals surface area contributed by atoms with E-state index in [2.05, 4.69) is 15.0 Å². The van der Waals surface area contributed by atoms with Crippen molar-refractivity contribution in [3.8, 4) is 22.9 Å². The smallest absolute Gasteiger partial charge is 0.435 e. The molecule has 0 aliphatic carbocycles. The molecule has 0 fully saturated rings. The van der Waals surface area contributed by atoms with Crippen LogP contribution in [0.2, 0.25) is 5.02 Å². The number of carboxylic acid groups (broad SMARTS) is 1. The first-order chi connectivity index (χ1) is 19.4. The normalized spacial score (nSPS) is 11.6. The summed E-state index contributed by atoms with van der Waals surface area (Å²) in [6.45, 7) is 2.91. The molecule has 1 aromatic carbocycles. The van der Waals surface area contributed by atoms with Crippen molar-refractivity contribution >= 4 is 50.0 Å². The largest absolute Gasteiger partial charge is 0.491 e. The third-order valence-electron chi connectivity index (χ3n) is 6.25. The monoisotopic (exact) mass is 599 g/mol. The van der Waals surface area contributed by atoms with Crippen LogP contribution in [0.15, 0.2) is 40.6 Å². The molecule has 0 saturated carbocycles. The number of hydrogen-bond donors (Lipinski definition) is 1. The second kappa shape index (κ2) is 10.5. The highest BCUT2D eigenvalue weighted by Gasteiger charge is 2.36. The number of carbonyl (C=O) groups is 1. The van der Waals surface area contributed by atoms with Crippen LogP contribution in [0.5, 0.6) is 5.75 Å². The second-order valence-corrected chi connectivity index (χ2v) is 10.2. The lowest BCUT2D eigenvalue weighted by atomic mass is 10.0. The lowest BCUT2D eigenvalue weighted by Crippen LogP contribution is -2.28. The van der Waals surface area contributed by atoms with Crippen LogP contribution in [-0.4, -0.2) is 37.2 Å². The molecule has 41 heavy (non-hydrogen) atoms. The molecule has 9 nitrogen and oxygen atoms in total. The van der Waals surface area contributed by atoms with Gasteiger partial charge < -0.3 is 9.84 Å². The Kier molecular flexibility index (Phi) is 7.14. The van der Waals surface area contributed by atoms with Gasteiger partial charge in [-0.2, -0.15) is 18.4 Å². The first-order valence-electron chi connectivity index (χ1n) is 11.8. The quantitative estimate of drug-likeness (QED) is 0.251. The van der Waals surface area contributed by atoms with Crippen molar-refractivity contribution in [2.75, 3.05) is 6.61 Å². The van der Waals surface area contributed by atoms with E-state index in [4.69, 9.17) is 16.3 Å². The van der Waals surface area contributed by atoms with E-state index in [1.165, 1.54) is 23.6 Å². The number of ether oxygens (including phenoxy) is 1. The zero-order chi connectivity index (χ0) is 29.6. The number of aromatic carboxylic acids is 1. The van der Waals surface area contributed by atoms with Crippen LogP contribution in [0.25, 0.3) is 32.2 Å². The number of pyridine rings is 2. The maximum Gasteiger partial charge on any atom is 0.435 e. The molecule has 0 bridgehead atoms. The van der Waals surface area contributed by atoms with Gasteiger partial charge in [0.25, 0.3) is 5.56 Å². The van der Waals surface area contributed by atoms with Crippen molar-refractivity contribution in [3.63, 3.8) is 0 Å². The maximum absolute atomic E-state index is 13.5. The molecule has 0 saturated heterocycles. The van der Waals surface area contributed by atoms with E-state index in [1.807, 2.05) is 0 Å². The fourth-order valence-corrected chi connectivity index (χ4v) is 5.64. The first-order valence-corrected chi connectivity index (χ1v) is 13.1. The number of thiophene rings is 1. The number of aryl methyl sites for hydroxylation is 2. The molecule has 0 spiro atoms. The number of rotatable bonds is 6. The third-order valence-corrected chi connectivity index (χ3v) is 7.49. The van der Waals surface area contributed by atoms with Crippen LogP contribution in [0, 0.1) is 25.2 Å². The average molecular weight is 600 g/mol. The number of nitriles is 1. The summed E-state index contributed by atoms with van der Waals surface area (Å²) in [5.74, 6) is -0.756. The molecule has 5 rings (SSSR count). The van der Waals surface area contributed by atoms with Gasteiger partial charge in [-0.05, 0) is 38.1 Å². The van der Waals surface area contributed by atoms with Gasteiger partial charge in [0.2, 0.25) is 0 Å². The standard InChI is InChI=1S/C27H17ClF3N5O4S/c1-12-7-17(23-21(34-12)18(11-41-23)26(38)39)16-8-15(28)3-4-19(16)40-6-5-36-13(2)35-22-20(25(36)37)14(9-32)10-33-24(22)27(29,30)31/h3-4,7-8,10-11H,5-6H2,1-2H3,(H,38,39). The predicted octanol–water partition coefficient (Wildman–Crippen LogP) is 6.01.